The lowest BCUT2D eigenvalue weighted by Gasteiger charge is -2.42. The monoisotopic (exact) mass is 726 g/mol. The fraction of sp³-hybridized carbons (Fsp3) is 0.605. The van der Waals surface area contributed by atoms with Crippen molar-refractivity contribution in [3.05, 3.63) is 82.2 Å². The van der Waals surface area contributed by atoms with E-state index in [1.165, 1.54) is 12.0 Å². The van der Waals surface area contributed by atoms with E-state index in [1.807, 2.05) is 14.0 Å². The van der Waals surface area contributed by atoms with E-state index in [9.17, 15) is 19.5 Å². The number of Topliss-reactive ketones (excluding diaryl/α,β-unsaturated/α-hetero) is 2. The average molecular weight is 727 g/mol. The Bertz CT molecular complexity index is 1710. The Balaban J connectivity index is 1.17. The molecular weight excluding hydrogens is 668 g/mol. The number of fused-ring (bicyclic) bond motifs is 3. The van der Waals surface area contributed by atoms with E-state index < -0.39 is 28.7 Å². The second-order valence-electron chi connectivity index (χ2n) is 16.3. The number of hydrogen-bond acceptors (Lipinski definition) is 10. The van der Waals surface area contributed by atoms with Gasteiger partial charge in [-0.05, 0) is 99.9 Å². The fourth-order valence-electron chi connectivity index (χ4n) is 10.3. The highest BCUT2D eigenvalue weighted by atomic mass is 16.7. The van der Waals surface area contributed by atoms with Crippen LogP contribution in [0.3, 0.4) is 0 Å². The summed E-state index contributed by atoms with van der Waals surface area (Å²) in [6.45, 7) is 6.13. The Morgan fingerprint density at radius 3 is 2.58 bits per heavy atom. The molecule has 6 atom stereocenters. The molecule has 3 fully saturated rings. The highest BCUT2D eigenvalue weighted by Crippen LogP contribution is 2.60. The van der Waals surface area contributed by atoms with Crippen LogP contribution in [0.25, 0.3) is 0 Å². The molecule has 0 aromatic heterocycles. The predicted molar refractivity (Wildman–Crippen MR) is 204 cm³/mol. The average Bonchev–Trinajstić information content (AvgIpc) is 3.89. The van der Waals surface area contributed by atoms with Crippen molar-refractivity contribution in [2.75, 3.05) is 40.0 Å². The maximum Gasteiger partial charge on any atom is 0.350 e. The van der Waals surface area contributed by atoms with Gasteiger partial charge in [-0.3, -0.25) is 9.59 Å². The number of aliphatic hydroxyl groups is 1. The van der Waals surface area contributed by atoms with Gasteiger partial charge in [0.2, 0.25) is 5.78 Å². The Morgan fingerprint density at radius 1 is 1.08 bits per heavy atom. The zero-order valence-electron chi connectivity index (χ0n) is 31.7. The molecule has 2 aliphatic heterocycles. The van der Waals surface area contributed by atoms with Crippen molar-refractivity contribution in [1.82, 2.24) is 21.3 Å². The minimum atomic E-state index is -2.08. The van der Waals surface area contributed by atoms with Crippen molar-refractivity contribution in [1.29, 1.82) is 0 Å². The van der Waals surface area contributed by atoms with Crippen LogP contribution in [-0.4, -0.2) is 79.9 Å². The minimum Gasteiger partial charge on any atom is -0.463 e. The van der Waals surface area contributed by atoms with Gasteiger partial charge in [0.05, 0.1) is 19.9 Å². The fourth-order valence-corrected chi connectivity index (χ4v) is 10.3. The van der Waals surface area contributed by atoms with E-state index in [1.54, 1.807) is 24.3 Å². The third-order valence-electron chi connectivity index (χ3n) is 13.2. The van der Waals surface area contributed by atoms with Gasteiger partial charge in [-0.25, -0.2) is 4.79 Å². The molecule has 5 N–H and O–H groups in total. The van der Waals surface area contributed by atoms with Gasteiger partial charge in [-0.1, -0.05) is 74.3 Å². The molecule has 286 valence electrons. The Labute approximate surface area is 314 Å². The third kappa shape index (κ3) is 6.85. The number of dihydropyridines is 1. The number of benzene rings is 1. The van der Waals surface area contributed by atoms with E-state index in [0.29, 0.717) is 30.5 Å². The molecular formula is C43H58N4O6. The molecule has 0 spiro atoms. The summed E-state index contributed by atoms with van der Waals surface area (Å²) in [5.41, 5.74) is -0.671. The molecule has 4 aliphatic carbocycles. The van der Waals surface area contributed by atoms with E-state index in [4.69, 9.17) is 9.47 Å². The molecule has 2 saturated carbocycles. The predicted octanol–water partition coefficient (Wildman–Crippen LogP) is 5.26. The number of epoxide rings is 1. The van der Waals surface area contributed by atoms with Gasteiger partial charge in [-0.2, -0.15) is 0 Å². The first-order chi connectivity index (χ1) is 25.7. The van der Waals surface area contributed by atoms with E-state index >= 15 is 0 Å². The molecule has 7 rings (SSSR count). The van der Waals surface area contributed by atoms with Crippen molar-refractivity contribution in [3.63, 3.8) is 0 Å². The number of carbonyl (C=O) groups is 3. The van der Waals surface area contributed by atoms with Crippen LogP contribution in [-0.2, 0) is 14.3 Å². The molecule has 1 aromatic rings. The molecule has 6 aliphatic rings. The number of aliphatic hydroxyl groups excluding tert-OH is 1. The zero-order valence-corrected chi connectivity index (χ0v) is 31.7. The first kappa shape index (κ1) is 37.7. The van der Waals surface area contributed by atoms with E-state index in [2.05, 4.69) is 52.5 Å². The van der Waals surface area contributed by atoms with E-state index in [0.717, 1.165) is 75.9 Å². The molecule has 10 nitrogen and oxygen atoms in total. The van der Waals surface area contributed by atoms with Crippen molar-refractivity contribution in [2.24, 2.45) is 23.2 Å². The van der Waals surface area contributed by atoms with Gasteiger partial charge in [0.1, 0.15) is 5.82 Å². The third-order valence-corrected chi connectivity index (χ3v) is 13.2. The van der Waals surface area contributed by atoms with Crippen molar-refractivity contribution >= 4 is 17.5 Å². The highest BCUT2D eigenvalue weighted by Gasteiger charge is 2.85. The van der Waals surface area contributed by atoms with Gasteiger partial charge in [0.25, 0.3) is 5.60 Å². The normalized spacial score (nSPS) is 31.8. The Kier molecular flexibility index (Phi) is 11.1. The maximum absolute atomic E-state index is 14.5. The lowest BCUT2D eigenvalue weighted by atomic mass is 9.64. The lowest BCUT2D eigenvalue weighted by molar-refractivity contribution is -0.150. The molecule has 1 aromatic carbocycles. The van der Waals surface area contributed by atoms with Crippen molar-refractivity contribution in [3.8, 4) is 0 Å². The van der Waals surface area contributed by atoms with Crippen LogP contribution in [0.4, 0.5) is 0 Å². The quantitative estimate of drug-likeness (QED) is 0.0567. The first-order valence-corrected chi connectivity index (χ1v) is 20.0. The minimum absolute atomic E-state index is 0.0512. The second kappa shape index (κ2) is 15.7. The number of ether oxygens (including phenoxy) is 2. The summed E-state index contributed by atoms with van der Waals surface area (Å²) >= 11 is 0. The number of rotatable bonds is 14. The van der Waals surface area contributed by atoms with Crippen LogP contribution in [0.2, 0.25) is 0 Å². The Morgan fingerprint density at radius 2 is 1.85 bits per heavy atom. The largest absolute Gasteiger partial charge is 0.463 e. The molecule has 0 radical (unpaired) electrons. The summed E-state index contributed by atoms with van der Waals surface area (Å²) in [5, 5.41) is 24.5. The summed E-state index contributed by atoms with van der Waals surface area (Å²) in [6, 6.07) is 6.84. The number of esters is 1. The van der Waals surface area contributed by atoms with Crippen molar-refractivity contribution in [2.45, 2.75) is 102 Å². The van der Waals surface area contributed by atoms with Crippen molar-refractivity contribution < 1.29 is 29.0 Å². The van der Waals surface area contributed by atoms with Crippen LogP contribution < -0.4 is 21.3 Å². The molecule has 0 amide bonds. The second-order valence-corrected chi connectivity index (χ2v) is 16.3. The van der Waals surface area contributed by atoms with Crippen LogP contribution in [0.15, 0.2) is 71.1 Å². The summed E-state index contributed by atoms with van der Waals surface area (Å²) in [6.07, 6.45) is 19.3. The molecule has 6 unspecified atom stereocenters. The van der Waals surface area contributed by atoms with Gasteiger partial charge in [0.15, 0.2) is 11.4 Å². The molecule has 0 bridgehead atoms. The van der Waals surface area contributed by atoms with Crippen LogP contribution >= 0.6 is 0 Å². The number of ketones is 2. The van der Waals surface area contributed by atoms with E-state index in [-0.39, 0.29) is 48.1 Å². The summed E-state index contributed by atoms with van der Waals surface area (Å²) in [5.74, 6) is 0.393. The van der Waals surface area contributed by atoms with Gasteiger partial charge < -0.3 is 35.8 Å². The topological polar surface area (TPSA) is 141 Å². The summed E-state index contributed by atoms with van der Waals surface area (Å²) in [4.78, 5) is 43.3. The standard InChI is InChI=1S/C43H58N4O6/c1-4-45-36-21-30-13-7-6-12-29(30)20-31(36)26-52-40(51)43-39(50)35-15-9-8-14-34(35)38(49)42(43,53-43)24-32(25-48)28(2)23-41(17-10-5-11-18-41)33-16-19-46-37(22-33)47-27-44-3/h7-9,13-16,22,29-31,36,44-48H,4-6,10-12,17-21,23-27H2,1-3H3. The zero-order chi connectivity index (χ0) is 37.2. The first-order valence-electron chi connectivity index (χ1n) is 20.0. The SMILES string of the molecule is CCNC1CC2C=CCCC2CC1COC(=O)C12OC1(CC(CO)=C(C)CC1(C3=CCNC(NCNC)=C3)CCCCC1)C(=O)c1ccccc1C2=O. The maximum atomic E-state index is 14.5. The Hall–Kier alpha value is -3.57. The van der Waals surface area contributed by atoms with Gasteiger partial charge in [0, 0.05) is 36.1 Å². The molecule has 1 saturated heterocycles. The number of carbonyl (C=O) groups excluding carboxylic acids is 3. The van der Waals surface area contributed by atoms with Gasteiger partial charge in [-0.15, -0.1) is 0 Å². The lowest BCUT2D eigenvalue weighted by Crippen LogP contribution is -2.52. The molecule has 2 heterocycles. The molecule has 53 heavy (non-hydrogen) atoms. The number of allylic oxidation sites excluding steroid dienone is 5. The number of hydrogen-bond donors (Lipinski definition) is 5. The van der Waals surface area contributed by atoms with Gasteiger partial charge >= 0.3 is 5.97 Å². The smallest absolute Gasteiger partial charge is 0.350 e. The van der Waals surface area contributed by atoms with Crippen LogP contribution in [0, 0.1) is 23.2 Å². The number of nitrogens with one attached hydrogen (secondary N) is 4. The summed E-state index contributed by atoms with van der Waals surface area (Å²) in [7, 11) is 1.90. The summed E-state index contributed by atoms with van der Waals surface area (Å²) < 4.78 is 12.4. The molecule has 10 heteroatoms. The van der Waals surface area contributed by atoms with Crippen LogP contribution in [0.5, 0.6) is 0 Å². The van der Waals surface area contributed by atoms with Crippen LogP contribution in [0.1, 0.15) is 105 Å². The highest BCUT2D eigenvalue weighted by molar-refractivity contribution is 6.32.